The predicted octanol–water partition coefficient (Wildman–Crippen LogP) is 2.46. The van der Waals surface area contributed by atoms with E-state index in [1.165, 1.54) is 11.1 Å². The van der Waals surface area contributed by atoms with Gasteiger partial charge in [0.05, 0.1) is 5.92 Å². The molecule has 1 aromatic carbocycles. The third kappa shape index (κ3) is 2.99. The smallest absolute Gasteiger partial charge is 0.308 e. The lowest BCUT2D eigenvalue weighted by Crippen LogP contribution is -2.28. The van der Waals surface area contributed by atoms with E-state index in [1.807, 2.05) is 18.0 Å². The van der Waals surface area contributed by atoms with Crippen LogP contribution in [0.25, 0.3) is 0 Å². The van der Waals surface area contributed by atoms with Crippen LogP contribution in [-0.2, 0) is 4.79 Å². The van der Waals surface area contributed by atoms with Gasteiger partial charge in [-0.15, -0.1) is 0 Å². The summed E-state index contributed by atoms with van der Waals surface area (Å²) >= 11 is 0. The second-order valence-corrected chi connectivity index (χ2v) is 4.39. The normalized spacial score (nSPS) is 12.2. The van der Waals surface area contributed by atoms with Gasteiger partial charge in [0, 0.05) is 19.3 Å². The molecule has 0 saturated heterocycles. The molecule has 3 nitrogen and oxygen atoms in total. The van der Waals surface area contributed by atoms with Gasteiger partial charge in [-0.05, 0) is 37.1 Å². The monoisotopic (exact) mass is 221 g/mol. The number of carboxylic acids is 1. The summed E-state index contributed by atoms with van der Waals surface area (Å²) in [4.78, 5) is 12.7. The molecule has 1 aromatic rings. The Kier molecular flexibility index (Phi) is 3.93. The molecule has 0 aliphatic heterocycles. The van der Waals surface area contributed by atoms with E-state index in [9.17, 15) is 4.79 Å². The van der Waals surface area contributed by atoms with Crippen LogP contribution in [0.15, 0.2) is 18.2 Å². The van der Waals surface area contributed by atoms with Crippen LogP contribution in [0.5, 0.6) is 0 Å². The van der Waals surface area contributed by atoms with Crippen LogP contribution in [0, 0.1) is 19.8 Å². The van der Waals surface area contributed by atoms with Crippen molar-refractivity contribution in [2.45, 2.75) is 20.8 Å². The maximum atomic E-state index is 10.8. The lowest BCUT2D eigenvalue weighted by atomic mass is 10.1. The van der Waals surface area contributed by atoms with Crippen molar-refractivity contribution in [3.63, 3.8) is 0 Å². The second kappa shape index (κ2) is 5.01. The van der Waals surface area contributed by atoms with E-state index in [1.54, 1.807) is 6.92 Å². The molecule has 1 unspecified atom stereocenters. The van der Waals surface area contributed by atoms with Crippen LogP contribution >= 0.6 is 0 Å². The van der Waals surface area contributed by atoms with E-state index in [0.717, 1.165) is 5.69 Å². The molecule has 0 saturated carbocycles. The van der Waals surface area contributed by atoms with Gasteiger partial charge in [0.2, 0.25) is 0 Å². The Morgan fingerprint density at radius 2 is 2.00 bits per heavy atom. The van der Waals surface area contributed by atoms with Crippen molar-refractivity contribution in [1.82, 2.24) is 0 Å². The summed E-state index contributed by atoms with van der Waals surface area (Å²) in [7, 11) is 1.92. The van der Waals surface area contributed by atoms with Gasteiger partial charge in [-0.2, -0.15) is 0 Å². The summed E-state index contributed by atoms with van der Waals surface area (Å²) in [5.74, 6) is -1.11. The minimum absolute atomic E-state index is 0.355. The molecule has 0 spiro atoms. The standard InChI is InChI=1S/C13H19NO2/c1-9-5-6-12(7-10(9)2)14(4)8-11(3)13(15)16/h5-7,11H,8H2,1-4H3,(H,15,16). The van der Waals surface area contributed by atoms with Gasteiger partial charge < -0.3 is 10.0 Å². The van der Waals surface area contributed by atoms with Crippen molar-refractivity contribution in [3.05, 3.63) is 29.3 Å². The fourth-order valence-corrected chi connectivity index (χ4v) is 1.56. The molecule has 0 aliphatic rings. The first-order chi connectivity index (χ1) is 7.41. The Bertz CT molecular complexity index is 388. The fraction of sp³-hybridized carbons (Fsp3) is 0.462. The van der Waals surface area contributed by atoms with Crippen molar-refractivity contribution in [1.29, 1.82) is 0 Å². The topological polar surface area (TPSA) is 40.5 Å². The van der Waals surface area contributed by atoms with Crippen molar-refractivity contribution in [2.75, 3.05) is 18.5 Å². The van der Waals surface area contributed by atoms with Gasteiger partial charge in [-0.1, -0.05) is 13.0 Å². The van der Waals surface area contributed by atoms with Gasteiger partial charge in [-0.25, -0.2) is 0 Å². The molecule has 1 rings (SSSR count). The number of aliphatic carboxylic acids is 1. The third-order valence-corrected chi connectivity index (χ3v) is 2.90. The number of benzene rings is 1. The maximum Gasteiger partial charge on any atom is 0.308 e. The average Bonchev–Trinajstić information content (AvgIpc) is 2.21. The summed E-state index contributed by atoms with van der Waals surface area (Å²) in [6, 6.07) is 6.17. The summed E-state index contributed by atoms with van der Waals surface area (Å²) in [6.07, 6.45) is 0. The molecule has 0 amide bonds. The number of aryl methyl sites for hydroxylation is 2. The molecule has 0 heterocycles. The molecule has 1 atom stereocenters. The Hall–Kier alpha value is -1.51. The molecule has 0 aliphatic carbocycles. The highest BCUT2D eigenvalue weighted by Crippen LogP contribution is 2.18. The van der Waals surface area contributed by atoms with Crippen LogP contribution in [0.1, 0.15) is 18.1 Å². The van der Waals surface area contributed by atoms with E-state index >= 15 is 0 Å². The molecule has 3 heteroatoms. The zero-order chi connectivity index (χ0) is 12.3. The first-order valence-corrected chi connectivity index (χ1v) is 5.43. The number of carbonyl (C=O) groups is 1. The Balaban J connectivity index is 2.76. The van der Waals surface area contributed by atoms with Gasteiger partial charge in [0.25, 0.3) is 0 Å². The number of nitrogens with zero attached hydrogens (tertiary/aromatic N) is 1. The van der Waals surface area contributed by atoms with Gasteiger partial charge in [-0.3, -0.25) is 4.79 Å². The van der Waals surface area contributed by atoms with Crippen molar-refractivity contribution in [3.8, 4) is 0 Å². The van der Waals surface area contributed by atoms with Crippen LogP contribution < -0.4 is 4.90 Å². The van der Waals surface area contributed by atoms with Crippen molar-refractivity contribution >= 4 is 11.7 Å². The van der Waals surface area contributed by atoms with Crippen molar-refractivity contribution < 1.29 is 9.90 Å². The molecule has 1 N–H and O–H groups in total. The SMILES string of the molecule is Cc1ccc(N(C)CC(C)C(=O)O)cc1C. The number of hydrogen-bond acceptors (Lipinski definition) is 2. The fourth-order valence-electron chi connectivity index (χ4n) is 1.56. The Morgan fingerprint density at radius 3 is 2.50 bits per heavy atom. The van der Waals surface area contributed by atoms with Crippen LogP contribution in [-0.4, -0.2) is 24.7 Å². The summed E-state index contributed by atoms with van der Waals surface area (Å²) in [5.41, 5.74) is 3.55. The average molecular weight is 221 g/mol. The first kappa shape index (κ1) is 12.6. The number of rotatable bonds is 4. The van der Waals surface area contributed by atoms with Crippen molar-refractivity contribution in [2.24, 2.45) is 5.92 Å². The quantitative estimate of drug-likeness (QED) is 0.849. The second-order valence-electron chi connectivity index (χ2n) is 4.39. The van der Waals surface area contributed by atoms with E-state index < -0.39 is 5.97 Å². The number of hydrogen-bond donors (Lipinski definition) is 1. The minimum Gasteiger partial charge on any atom is -0.481 e. The highest BCUT2D eigenvalue weighted by molar-refractivity contribution is 5.70. The Morgan fingerprint density at radius 1 is 1.38 bits per heavy atom. The van der Waals surface area contributed by atoms with E-state index in [0.29, 0.717) is 6.54 Å². The highest BCUT2D eigenvalue weighted by Gasteiger charge is 2.13. The maximum absolute atomic E-state index is 10.8. The van der Waals surface area contributed by atoms with Crippen LogP contribution in [0.2, 0.25) is 0 Å². The summed E-state index contributed by atoms with van der Waals surface area (Å²) < 4.78 is 0. The number of carboxylic acid groups (broad SMARTS) is 1. The molecule has 0 bridgehead atoms. The molecular formula is C13H19NO2. The summed E-state index contributed by atoms with van der Waals surface area (Å²) in [5, 5.41) is 8.85. The molecule has 0 radical (unpaired) electrons. The third-order valence-electron chi connectivity index (χ3n) is 2.90. The highest BCUT2D eigenvalue weighted by atomic mass is 16.4. The van der Waals surface area contributed by atoms with Gasteiger partial charge in [0.1, 0.15) is 0 Å². The molecular weight excluding hydrogens is 202 g/mol. The van der Waals surface area contributed by atoms with Gasteiger partial charge in [0.15, 0.2) is 0 Å². The molecule has 0 aromatic heterocycles. The molecule has 16 heavy (non-hydrogen) atoms. The molecule has 0 fully saturated rings. The lowest BCUT2D eigenvalue weighted by molar-refractivity contribution is -0.140. The molecule has 88 valence electrons. The largest absolute Gasteiger partial charge is 0.481 e. The number of anilines is 1. The summed E-state index contributed by atoms with van der Waals surface area (Å²) in [6.45, 7) is 6.38. The minimum atomic E-state index is -0.754. The predicted molar refractivity (Wildman–Crippen MR) is 66.0 cm³/mol. The van der Waals surface area contributed by atoms with E-state index in [-0.39, 0.29) is 5.92 Å². The zero-order valence-electron chi connectivity index (χ0n) is 10.3. The Labute approximate surface area is 96.7 Å². The van der Waals surface area contributed by atoms with Crippen LogP contribution in [0.3, 0.4) is 0 Å². The zero-order valence-corrected chi connectivity index (χ0v) is 10.3. The van der Waals surface area contributed by atoms with Gasteiger partial charge >= 0.3 is 5.97 Å². The van der Waals surface area contributed by atoms with E-state index in [2.05, 4.69) is 26.0 Å². The first-order valence-electron chi connectivity index (χ1n) is 5.43. The van der Waals surface area contributed by atoms with Crippen LogP contribution in [0.4, 0.5) is 5.69 Å². The van der Waals surface area contributed by atoms with E-state index in [4.69, 9.17) is 5.11 Å². The lowest BCUT2D eigenvalue weighted by Gasteiger charge is -2.22.